The van der Waals surface area contributed by atoms with E-state index in [0.717, 1.165) is 0 Å². The second-order valence-electron chi connectivity index (χ2n) is 2.42. The molecule has 0 spiro atoms. The van der Waals surface area contributed by atoms with E-state index >= 15 is 0 Å². The smallest absolute Gasteiger partial charge is 0.252 e. The van der Waals surface area contributed by atoms with Crippen LogP contribution in [0, 0.1) is 0 Å². The van der Waals surface area contributed by atoms with Gasteiger partial charge in [0.2, 0.25) is 0 Å². The Morgan fingerprint density at radius 1 is 1.31 bits per heavy atom. The fraction of sp³-hybridized carbons (Fsp3) is 0.111. The number of ketones is 1. The van der Waals surface area contributed by atoms with Crippen LogP contribution >= 0.6 is 0 Å². The molecule has 1 rings (SSSR count). The molecule has 0 aliphatic heterocycles. The van der Waals surface area contributed by atoms with Gasteiger partial charge in [-0.1, -0.05) is 0 Å². The number of carbonyl (C=O) groups excluding carboxylic acids is 2. The molecule has 0 N–H and O–H groups in total. The lowest BCUT2D eigenvalue weighted by Crippen LogP contribution is -1.89. The van der Waals surface area contributed by atoms with Gasteiger partial charge in [-0.25, -0.2) is 0 Å². The number of carbonyl (C=O) groups is 2. The average molecular weight is 176 g/mol. The highest BCUT2D eigenvalue weighted by atomic mass is 16.1. The standard InChI is InChI=1S/C9H8N2O2/c1-7(13)8-2-4-9(5-3-8)11-10-6-12/h2-6H,1H3. The number of hydrogen-bond donors (Lipinski definition) is 0. The first-order valence-electron chi connectivity index (χ1n) is 3.69. The summed E-state index contributed by atoms with van der Waals surface area (Å²) in [6.45, 7) is 1.49. The summed E-state index contributed by atoms with van der Waals surface area (Å²) in [5.41, 5.74) is 1.17. The van der Waals surface area contributed by atoms with Crippen LogP contribution in [0.5, 0.6) is 0 Å². The van der Waals surface area contributed by atoms with Gasteiger partial charge in [0.15, 0.2) is 5.78 Å². The SMILES string of the molecule is CC(=O)c1ccc(N=NC=O)cc1. The molecule has 0 aromatic heterocycles. The third kappa shape index (κ3) is 2.59. The summed E-state index contributed by atoms with van der Waals surface area (Å²) >= 11 is 0. The van der Waals surface area contributed by atoms with Gasteiger partial charge in [-0.05, 0) is 31.2 Å². The monoisotopic (exact) mass is 176 g/mol. The molecule has 0 radical (unpaired) electrons. The Morgan fingerprint density at radius 3 is 2.38 bits per heavy atom. The quantitative estimate of drug-likeness (QED) is 0.402. The van der Waals surface area contributed by atoms with Crippen LogP contribution < -0.4 is 0 Å². The highest BCUT2D eigenvalue weighted by molar-refractivity contribution is 5.94. The van der Waals surface area contributed by atoms with Crippen molar-refractivity contribution in [2.75, 3.05) is 0 Å². The lowest BCUT2D eigenvalue weighted by molar-refractivity contribution is -0.107. The molecule has 1 amide bonds. The largest absolute Gasteiger partial charge is 0.295 e. The van der Waals surface area contributed by atoms with E-state index in [1.165, 1.54) is 6.92 Å². The van der Waals surface area contributed by atoms with E-state index in [0.29, 0.717) is 17.7 Å². The molecule has 1 aromatic rings. The van der Waals surface area contributed by atoms with Crippen LogP contribution in [-0.2, 0) is 4.79 Å². The highest BCUT2D eigenvalue weighted by Gasteiger charge is 1.97. The van der Waals surface area contributed by atoms with Gasteiger partial charge in [-0.3, -0.25) is 9.59 Å². The predicted octanol–water partition coefficient (Wildman–Crippen LogP) is 2.13. The molecule has 0 aliphatic rings. The number of azo groups is 1. The van der Waals surface area contributed by atoms with Gasteiger partial charge in [-0.2, -0.15) is 0 Å². The molecule has 0 fully saturated rings. The third-order valence-corrected chi connectivity index (χ3v) is 1.49. The lowest BCUT2D eigenvalue weighted by atomic mass is 10.1. The Kier molecular flexibility index (Phi) is 3.03. The van der Waals surface area contributed by atoms with Crippen LogP contribution in [-0.4, -0.2) is 12.2 Å². The lowest BCUT2D eigenvalue weighted by Gasteiger charge is -1.94. The van der Waals surface area contributed by atoms with Crippen molar-refractivity contribution >= 4 is 17.9 Å². The van der Waals surface area contributed by atoms with E-state index in [-0.39, 0.29) is 5.78 Å². The number of rotatable bonds is 3. The molecule has 4 nitrogen and oxygen atoms in total. The Balaban J connectivity index is 2.87. The zero-order valence-electron chi connectivity index (χ0n) is 7.10. The van der Waals surface area contributed by atoms with Crippen LogP contribution in [0.25, 0.3) is 0 Å². The molecule has 66 valence electrons. The van der Waals surface area contributed by atoms with Gasteiger partial charge >= 0.3 is 0 Å². The highest BCUT2D eigenvalue weighted by Crippen LogP contribution is 2.13. The molecule has 0 heterocycles. The van der Waals surface area contributed by atoms with E-state index in [9.17, 15) is 9.59 Å². The molecule has 0 aliphatic carbocycles. The first-order chi connectivity index (χ1) is 6.24. The van der Waals surface area contributed by atoms with E-state index in [1.807, 2.05) is 0 Å². The second-order valence-corrected chi connectivity index (χ2v) is 2.42. The maximum Gasteiger partial charge on any atom is 0.252 e. The van der Waals surface area contributed by atoms with E-state index in [1.54, 1.807) is 24.3 Å². The maximum atomic E-state index is 10.9. The minimum absolute atomic E-state index is 0.00104. The van der Waals surface area contributed by atoms with Gasteiger partial charge < -0.3 is 0 Å². The number of amides is 1. The topological polar surface area (TPSA) is 58.9 Å². The Hall–Kier alpha value is -1.84. The zero-order valence-corrected chi connectivity index (χ0v) is 7.10. The molecule has 13 heavy (non-hydrogen) atoms. The van der Waals surface area contributed by atoms with Crippen LogP contribution in [0.4, 0.5) is 5.69 Å². The number of hydrogen-bond acceptors (Lipinski definition) is 3. The Labute approximate surface area is 75.3 Å². The third-order valence-electron chi connectivity index (χ3n) is 1.49. The second kappa shape index (κ2) is 4.25. The van der Waals surface area contributed by atoms with Crippen LogP contribution in [0.2, 0.25) is 0 Å². The van der Waals surface area contributed by atoms with Gasteiger partial charge in [0.05, 0.1) is 5.69 Å². The summed E-state index contributed by atoms with van der Waals surface area (Å²) in [4.78, 5) is 20.7. The molecule has 0 saturated heterocycles. The predicted molar refractivity (Wildman–Crippen MR) is 47.0 cm³/mol. The summed E-state index contributed by atoms with van der Waals surface area (Å²) in [6.07, 6.45) is 0.360. The molecule has 1 aromatic carbocycles. The van der Waals surface area contributed by atoms with Gasteiger partial charge in [-0.15, -0.1) is 10.2 Å². The molecular formula is C9H8N2O2. The van der Waals surface area contributed by atoms with Gasteiger partial charge in [0.25, 0.3) is 6.41 Å². The maximum absolute atomic E-state index is 10.9. The summed E-state index contributed by atoms with van der Waals surface area (Å²) in [7, 11) is 0. The van der Waals surface area contributed by atoms with E-state index in [4.69, 9.17) is 0 Å². The van der Waals surface area contributed by atoms with Crippen LogP contribution in [0.15, 0.2) is 34.5 Å². The van der Waals surface area contributed by atoms with Crippen molar-refractivity contribution in [1.82, 2.24) is 0 Å². The van der Waals surface area contributed by atoms with Crippen LogP contribution in [0.1, 0.15) is 17.3 Å². The van der Waals surface area contributed by atoms with Crippen LogP contribution in [0.3, 0.4) is 0 Å². The molecule has 0 saturated carbocycles. The minimum Gasteiger partial charge on any atom is -0.295 e. The van der Waals surface area contributed by atoms with Crippen molar-refractivity contribution < 1.29 is 9.59 Å². The zero-order chi connectivity index (χ0) is 9.68. The minimum atomic E-state index is -0.00104. The first kappa shape index (κ1) is 9.25. The van der Waals surface area contributed by atoms with Crippen molar-refractivity contribution in [1.29, 1.82) is 0 Å². The van der Waals surface area contributed by atoms with Crippen molar-refractivity contribution in [3.05, 3.63) is 29.8 Å². The van der Waals surface area contributed by atoms with Gasteiger partial charge in [0, 0.05) is 5.56 Å². The number of benzene rings is 1. The number of Topliss-reactive ketones (excluding diaryl/α,β-unsaturated/α-hetero) is 1. The number of nitrogens with zero attached hydrogens (tertiary/aromatic N) is 2. The fourth-order valence-electron chi connectivity index (χ4n) is 0.853. The first-order valence-corrected chi connectivity index (χ1v) is 3.69. The van der Waals surface area contributed by atoms with E-state index in [2.05, 4.69) is 10.2 Å². The molecule has 0 bridgehead atoms. The summed E-state index contributed by atoms with van der Waals surface area (Å²) in [5, 5.41) is 6.75. The molecule has 0 atom stereocenters. The normalized spacial score (nSPS) is 10.2. The summed E-state index contributed by atoms with van der Waals surface area (Å²) in [6, 6.07) is 6.54. The van der Waals surface area contributed by atoms with Crippen molar-refractivity contribution in [2.45, 2.75) is 6.92 Å². The van der Waals surface area contributed by atoms with Crippen molar-refractivity contribution in [3.8, 4) is 0 Å². The fourth-order valence-corrected chi connectivity index (χ4v) is 0.853. The Bertz CT molecular complexity index is 341. The Morgan fingerprint density at radius 2 is 1.92 bits per heavy atom. The van der Waals surface area contributed by atoms with Crippen molar-refractivity contribution in [2.24, 2.45) is 10.2 Å². The molecule has 0 unspecified atom stereocenters. The molecule has 4 heteroatoms. The van der Waals surface area contributed by atoms with E-state index < -0.39 is 0 Å². The van der Waals surface area contributed by atoms with Gasteiger partial charge in [0.1, 0.15) is 0 Å². The van der Waals surface area contributed by atoms with Crippen molar-refractivity contribution in [3.63, 3.8) is 0 Å². The molecular weight excluding hydrogens is 168 g/mol. The summed E-state index contributed by atoms with van der Waals surface area (Å²) < 4.78 is 0. The average Bonchev–Trinajstić information content (AvgIpc) is 2.15. The summed E-state index contributed by atoms with van der Waals surface area (Å²) in [5.74, 6) is -0.00104.